The molecule has 1 aromatic rings. The predicted octanol–water partition coefficient (Wildman–Crippen LogP) is -0.862. The minimum Gasteiger partial charge on any atom is -0.392 e. The molecule has 1 aliphatic rings. The molecule has 2 atom stereocenters. The second-order valence-corrected chi connectivity index (χ2v) is 3.43. The van der Waals surface area contributed by atoms with Crippen molar-refractivity contribution in [3.8, 4) is 0 Å². The minimum atomic E-state index is -0.442. The van der Waals surface area contributed by atoms with Gasteiger partial charge in [-0.05, 0) is 6.42 Å². The van der Waals surface area contributed by atoms with Crippen LogP contribution in [0.4, 0.5) is 5.82 Å². The van der Waals surface area contributed by atoms with Crippen LogP contribution in [0.1, 0.15) is 6.42 Å². The summed E-state index contributed by atoms with van der Waals surface area (Å²) in [5.74, 6) is 0.234. The van der Waals surface area contributed by atoms with Gasteiger partial charge in [-0.2, -0.15) is 0 Å². The topological polar surface area (TPSA) is 87.1 Å². The summed E-state index contributed by atoms with van der Waals surface area (Å²) in [6.07, 6.45) is 4.51. The molecular formula is C9H12N4O2. The van der Waals surface area contributed by atoms with Gasteiger partial charge in [0.25, 0.3) is 0 Å². The summed E-state index contributed by atoms with van der Waals surface area (Å²) in [7, 11) is 0. The number of hydrogen-bond acceptors (Lipinski definition) is 5. The third-order valence-electron chi connectivity index (χ3n) is 2.24. The molecule has 0 saturated carbocycles. The molecule has 2 heterocycles. The van der Waals surface area contributed by atoms with Gasteiger partial charge >= 0.3 is 0 Å². The Morgan fingerprint density at radius 3 is 3.07 bits per heavy atom. The van der Waals surface area contributed by atoms with Crippen molar-refractivity contribution in [3.05, 3.63) is 18.6 Å². The number of hydrogen-bond donors (Lipinski definition) is 3. The quantitative estimate of drug-likeness (QED) is 0.588. The van der Waals surface area contributed by atoms with E-state index < -0.39 is 6.10 Å². The molecule has 1 aliphatic heterocycles. The number of aliphatic hydroxyl groups excluding tert-OH is 1. The molecule has 0 bridgehead atoms. The number of nitrogens with one attached hydrogen (secondary N) is 2. The maximum atomic E-state index is 11.6. The second-order valence-electron chi connectivity index (χ2n) is 3.43. The van der Waals surface area contributed by atoms with Gasteiger partial charge in [0.1, 0.15) is 0 Å². The summed E-state index contributed by atoms with van der Waals surface area (Å²) in [5, 5.41) is 14.8. The number of carbonyl (C=O) groups is 1. The van der Waals surface area contributed by atoms with E-state index in [1.807, 2.05) is 0 Å². The molecule has 15 heavy (non-hydrogen) atoms. The van der Waals surface area contributed by atoms with Crippen LogP contribution in [0.25, 0.3) is 0 Å². The first-order valence-corrected chi connectivity index (χ1v) is 4.74. The van der Waals surface area contributed by atoms with Crippen LogP contribution < -0.4 is 10.6 Å². The van der Waals surface area contributed by atoms with Gasteiger partial charge in [0.2, 0.25) is 5.91 Å². The lowest BCUT2D eigenvalue weighted by Gasteiger charge is -2.09. The van der Waals surface area contributed by atoms with Crippen molar-refractivity contribution in [2.45, 2.75) is 18.6 Å². The largest absolute Gasteiger partial charge is 0.392 e. The number of aliphatic hydroxyl groups is 1. The van der Waals surface area contributed by atoms with Crippen LogP contribution in [-0.2, 0) is 4.79 Å². The molecule has 6 heteroatoms. The standard InChI is InChI=1S/C9H12N4O2/c14-6-3-7(12-4-6)9(15)13-8-5-10-1-2-11-8/h1-2,5-7,12,14H,3-4H2,(H,11,13,15)/t6-,7-/m0/s1. The molecular weight excluding hydrogens is 196 g/mol. The van der Waals surface area contributed by atoms with Crippen LogP contribution in [0.2, 0.25) is 0 Å². The van der Waals surface area contributed by atoms with E-state index in [-0.39, 0.29) is 11.9 Å². The van der Waals surface area contributed by atoms with E-state index in [1.165, 1.54) is 18.6 Å². The van der Waals surface area contributed by atoms with E-state index in [0.29, 0.717) is 18.8 Å². The number of carbonyl (C=O) groups excluding carboxylic acids is 1. The number of aromatic nitrogens is 2. The van der Waals surface area contributed by atoms with Gasteiger partial charge < -0.3 is 15.7 Å². The average Bonchev–Trinajstić information content (AvgIpc) is 2.66. The molecule has 0 spiro atoms. The van der Waals surface area contributed by atoms with Gasteiger partial charge in [-0.3, -0.25) is 9.78 Å². The van der Waals surface area contributed by atoms with Crippen molar-refractivity contribution < 1.29 is 9.90 Å². The Kier molecular flexibility index (Phi) is 2.89. The van der Waals surface area contributed by atoms with Crippen LogP contribution in [0, 0.1) is 0 Å². The van der Waals surface area contributed by atoms with E-state index >= 15 is 0 Å². The van der Waals surface area contributed by atoms with Gasteiger partial charge in [-0.15, -0.1) is 0 Å². The molecule has 80 valence electrons. The first-order chi connectivity index (χ1) is 7.25. The Morgan fingerprint density at radius 2 is 2.47 bits per heavy atom. The Bertz CT molecular complexity index is 343. The highest BCUT2D eigenvalue weighted by molar-refractivity contribution is 5.94. The van der Waals surface area contributed by atoms with Crippen molar-refractivity contribution in [1.29, 1.82) is 0 Å². The molecule has 2 rings (SSSR count). The fourth-order valence-corrected chi connectivity index (χ4v) is 1.49. The SMILES string of the molecule is O=C(Nc1cnccn1)[C@@H]1C[C@H](O)CN1. The Hall–Kier alpha value is -1.53. The highest BCUT2D eigenvalue weighted by atomic mass is 16.3. The van der Waals surface area contributed by atoms with Crippen molar-refractivity contribution >= 4 is 11.7 Å². The fourth-order valence-electron chi connectivity index (χ4n) is 1.49. The third-order valence-corrected chi connectivity index (χ3v) is 2.24. The molecule has 1 saturated heterocycles. The second kappa shape index (κ2) is 4.33. The third kappa shape index (κ3) is 2.48. The average molecular weight is 208 g/mol. The molecule has 1 amide bonds. The Morgan fingerprint density at radius 1 is 1.60 bits per heavy atom. The number of β-amino-alcohol motifs (C(OH)–C–C–N with tert-alkyl or cyclic N) is 1. The highest BCUT2D eigenvalue weighted by Crippen LogP contribution is 2.08. The van der Waals surface area contributed by atoms with Crippen LogP contribution >= 0.6 is 0 Å². The van der Waals surface area contributed by atoms with E-state index in [9.17, 15) is 9.90 Å². The summed E-state index contributed by atoms with van der Waals surface area (Å²) >= 11 is 0. The van der Waals surface area contributed by atoms with Crippen molar-refractivity contribution in [3.63, 3.8) is 0 Å². The maximum Gasteiger partial charge on any atom is 0.242 e. The molecule has 1 aromatic heterocycles. The smallest absolute Gasteiger partial charge is 0.242 e. The summed E-state index contributed by atoms with van der Waals surface area (Å²) in [4.78, 5) is 19.4. The van der Waals surface area contributed by atoms with Crippen LogP contribution in [0.3, 0.4) is 0 Å². The molecule has 0 aliphatic carbocycles. The fraction of sp³-hybridized carbons (Fsp3) is 0.444. The van der Waals surface area contributed by atoms with Crippen LogP contribution in [-0.4, -0.2) is 39.7 Å². The first kappa shape index (κ1) is 10.0. The zero-order valence-corrected chi connectivity index (χ0v) is 8.05. The van der Waals surface area contributed by atoms with Gasteiger partial charge in [0.15, 0.2) is 5.82 Å². The molecule has 0 radical (unpaired) electrons. The minimum absolute atomic E-state index is 0.188. The summed E-state index contributed by atoms with van der Waals surface area (Å²) in [6, 6.07) is -0.345. The lowest BCUT2D eigenvalue weighted by atomic mass is 10.2. The first-order valence-electron chi connectivity index (χ1n) is 4.74. The number of anilines is 1. The van der Waals surface area contributed by atoms with Gasteiger partial charge in [0, 0.05) is 18.9 Å². The molecule has 1 fully saturated rings. The van der Waals surface area contributed by atoms with Crippen LogP contribution in [0.15, 0.2) is 18.6 Å². The van der Waals surface area contributed by atoms with Gasteiger partial charge in [0.05, 0.1) is 18.3 Å². The Labute approximate surface area is 86.7 Å². The van der Waals surface area contributed by atoms with Crippen molar-refractivity contribution in [2.75, 3.05) is 11.9 Å². The van der Waals surface area contributed by atoms with E-state index in [1.54, 1.807) is 0 Å². The zero-order valence-electron chi connectivity index (χ0n) is 8.05. The van der Waals surface area contributed by atoms with Gasteiger partial charge in [-0.25, -0.2) is 4.98 Å². The van der Waals surface area contributed by atoms with Crippen molar-refractivity contribution in [2.24, 2.45) is 0 Å². The van der Waals surface area contributed by atoms with Crippen molar-refractivity contribution in [1.82, 2.24) is 15.3 Å². The molecule has 3 N–H and O–H groups in total. The highest BCUT2D eigenvalue weighted by Gasteiger charge is 2.28. The molecule has 0 aromatic carbocycles. The number of amides is 1. The van der Waals surface area contributed by atoms with E-state index in [4.69, 9.17) is 0 Å². The summed E-state index contributed by atoms with van der Waals surface area (Å²) in [6.45, 7) is 0.457. The number of nitrogens with zero attached hydrogens (tertiary/aromatic N) is 2. The monoisotopic (exact) mass is 208 g/mol. The zero-order chi connectivity index (χ0) is 10.7. The lowest BCUT2D eigenvalue weighted by Crippen LogP contribution is -2.35. The predicted molar refractivity (Wildman–Crippen MR) is 53.1 cm³/mol. The summed E-state index contributed by atoms with van der Waals surface area (Å²) < 4.78 is 0. The number of rotatable bonds is 2. The molecule has 6 nitrogen and oxygen atoms in total. The van der Waals surface area contributed by atoms with E-state index in [0.717, 1.165) is 0 Å². The van der Waals surface area contributed by atoms with Crippen LogP contribution in [0.5, 0.6) is 0 Å². The maximum absolute atomic E-state index is 11.6. The normalized spacial score (nSPS) is 25.1. The Balaban J connectivity index is 1.93. The van der Waals surface area contributed by atoms with Gasteiger partial charge in [-0.1, -0.05) is 0 Å². The van der Waals surface area contributed by atoms with E-state index in [2.05, 4.69) is 20.6 Å². The summed E-state index contributed by atoms with van der Waals surface area (Å²) in [5.41, 5.74) is 0. The lowest BCUT2D eigenvalue weighted by molar-refractivity contribution is -0.118. The molecule has 0 unspecified atom stereocenters.